The van der Waals surface area contributed by atoms with Crippen molar-refractivity contribution in [3.8, 4) is 62.0 Å². The highest BCUT2D eigenvalue weighted by Crippen LogP contribution is 2.56. The Morgan fingerprint density at radius 2 is 0.825 bits per heavy atom. The molecule has 0 unspecified atom stereocenters. The Hall–Kier alpha value is -10.3. The summed E-state index contributed by atoms with van der Waals surface area (Å²) in [6, 6.07) is 46.6. The van der Waals surface area contributed by atoms with Gasteiger partial charge in [-0.1, -0.05) is 230 Å². The van der Waals surface area contributed by atoms with E-state index in [1.165, 1.54) is 22.7 Å². The molecule has 0 aliphatic heterocycles. The Kier molecular flexibility index (Phi) is 7.06. The zero-order valence-electron chi connectivity index (χ0n) is 55.6. The van der Waals surface area contributed by atoms with Crippen LogP contribution in [0.3, 0.4) is 0 Å². The van der Waals surface area contributed by atoms with E-state index in [2.05, 4.69) is 15.5 Å². The lowest BCUT2D eigenvalue weighted by molar-refractivity contribution is 1.14. The summed E-state index contributed by atoms with van der Waals surface area (Å²) >= 11 is 2.77. The summed E-state index contributed by atoms with van der Waals surface area (Å²) in [5.41, 5.74) is 6.42. The number of hydrogen-bond donors (Lipinski definition) is 0. The smallest absolute Gasteiger partial charge is 0.220 e. The van der Waals surface area contributed by atoms with E-state index in [-0.39, 0.29) is 70.7 Å². The molecule has 0 amide bonds. The molecule has 0 aliphatic carbocycles. The van der Waals surface area contributed by atoms with Crippen molar-refractivity contribution >= 4 is 134 Å². The zero-order chi connectivity index (χ0) is 64.9. The predicted octanol–water partition coefficient (Wildman–Crippen LogP) is 21.5. The van der Waals surface area contributed by atoms with Crippen LogP contribution in [0.25, 0.3) is 166 Å². The summed E-state index contributed by atoms with van der Waals surface area (Å²) in [4.78, 5) is 4.53. The molecule has 6 heteroatoms. The van der Waals surface area contributed by atoms with Crippen LogP contribution in [-0.4, -0.2) is 9.13 Å². The van der Waals surface area contributed by atoms with Gasteiger partial charge in [0.1, 0.15) is 6.07 Å². The normalized spacial score (nSPS) is 14.4. The Morgan fingerprint density at radius 1 is 0.388 bits per heavy atom. The third kappa shape index (κ3) is 6.06. The number of hydrogen-bond acceptors (Lipinski definition) is 3. The lowest BCUT2D eigenvalue weighted by Gasteiger charge is -2.26. The Morgan fingerprint density at radius 3 is 1.31 bits per heavy atom. The van der Waals surface area contributed by atoms with Crippen LogP contribution in [0, 0.1) is 17.9 Å². The molecule has 368 valence electrons. The number of nitriles is 1. The lowest BCUT2D eigenvalue weighted by Crippen LogP contribution is -2.09. The van der Waals surface area contributed by atoms with Crippen LogP contribution in [0.15, 0.2) is 242 Å². The van der Waals surface area contributed by atoms with Crippen molar-refractivity contribution in [3.05, 3.63) is 259 Å². The molecule has 0 bridgehead atoms. The second kappa shape index (κ2) is 17.1. The molecule has 13 aromatic carbocycles. The molecular formula is C74H40N4S2. The number of thiophene rings is 2. The SMILES string of the molecule is [2H]c1c([2H])c([2H])c(-c2cccc3c2sc2c3ccc3c4ccc5c6cccc(-c7c([2H])c([2H])c([2H])c([2H])c7[2H])c6sc5c4n(-c4c(C#N)c(-c5ccccc5)c([N+]#[C-])c(-n5c6cccc7c8c([2H])c([2H])c([2H])c([2H])c8c8cccc5c8c76)c4-c4ccccc4)c32)c([2H])c1[2H]. The minimum atomic E-state index is -0.517. The van der Waals surface area contributed by atoms with Crippen LogP contribution in [0.5, 0.6) is 0 Å². The molecule has 0 fully saturated rings. The highest BCUT2D eigenvalue weighted by atomic mass is 32.1. The van der Waals surface area contributed by atoms with Gasteiger partial charge in [-0.2, -0.15) is 5.26 Å². The molecule has 4 aromatic heterocycles. The van der Waals surface area contributed by atoms with Crippen LogP contribution in [0.4, 0.5) is 5.69 Å². The first-order chi connectivity index (χ1) is 45.5. The minimum Gasteiger partial charge on any atom is -0.318 e. The van der Waals surface area contributed by atoms with Gasteiger partial charge in [0.2, 0.25) is 5.69 Å². The second-order valence-corrected chi connectivity index (χ2v) is 21.7. The molecule has 0 aliphatic rings. The molecular weight excluding hydrogens is 1010 g/mol. The molecule has 17 aromatic rings. The van der Waals surface area contributed by atoms with Crippen molar-refractivity contribution in [2.75, 3.05) is 0 Å². The first-order valence-electron chi connectivity index (χ1n) is 32.7. The van der Waals surface area contributed by atoms with Gasteiger partial charge in [-0.3, -0.25) is 0 Å². The van der Waals surface area contributed by atoms with Gasteiger partial charge in [-0.25, -0.2) is 4.85 Å². The van der Waals surface area contributed by atoms with Gasteiger partial charge in [0.15, 0.2) is 0 Å². The number of rotatable bonds is 6. The first-order valence-corrected chi connectivity index (χ1v) is 27.3. The van der Waals surface area contributed by atoms with Gasteiger partial charge in [0, 0.05) is 63.6 Å². The summed E-state index contributed by atoms with van der Waals surface area (Å²) in [6.45, 7) is 9.58. The summed E-state index contributed by atoms with van der Waals surface area (Å²) in [6.07, 6.45) is 0. The van der Waals surface area contributed by atoms with Crippen LogP contribution in [0.2, 0.25) is 0 Å². The topological polar surface area (TPSA) is 38.0 Å². The van der Waals surface area contributed by atoms with Gasteiger partial charge in [-0.15, -0.1) is 22.7 Å². The van der Waals surface area contributed by atoms with E-state index in [1.54, 1.807) is 12.1 Å². The standard InChI is InChI=1S/C74H40N4S2/c1-76-66-62(45-24-10-4-11-25-45)59(42-75)67(63(46-26-12-5-13-27-46)70(66)77-60-36-18-32-51-49-28-14-15-29-50(49)52-33-19-37-61(77)65(52)64(51)60)78-68-53(38-40-57-55-34-16-30-47(71(55)79-73(57)68)43-20-6-2-7-21-43)54-39-41-58-56-35-17-31-48(44-22-8-3-9-23-44)72(56)80-74(58)69(54)78/h2-41H/i2D,3D,6D,7D,8D,9D,14D,15D,20D,21D,22D,23D,28D,29D. The predicted molar refractivity (Wildman–Crippen MR) is 340 cm³/mol. The molecule has 4 nitrogen and oxygen atoms in total. The average Bonchev–Trinajstić information content (AvgIpc) is 1.50. The second-order valence-electron chi connectivity index (χ2n) is 19.7. The maximum Gasteiger partial charge on any atom is 0.220 e. The first kappa shape index (κ1) is 33.1. The van der Waals surface area contributed by atoms with Crippen LogP contribution in [-0.2, 0) is 0 Å². The van der Waals surface area contributed by atoms with Crippen molar-refractivity contribution in [1.82, 2.24) is 9.13 Å². The molecule has 80 heavy (non-hydrogen) atoms. The fourth-order valence-corrected chi connectivity index (χ4v) is 15.4. The molecule has 0 radical (unpaired) electrons. The quantitative estimate of drug-likeness (QED) is 0.121. The summed E-state index contributed by atoms with van der Waals surface area (Å²) in [7, 11) is 0. The van der Waals surface area contributed by atoms with Gasteiger partial charge < -0.3 is 9.13 Å². The van der Waals surface area contributed by atoms with Crippen LogP contribution < -0.4 is 0 Å². The van der Waals surface area contributed by atoms with E-state index < -0.39 is 36.3 Å². The highest BCUT2D eigenvalue weighted by molar-refractivity contribution is 7.28. The van der Waals surface area contributed by atoms with Gasteiger partial charge in [-0.05, 0) is 67.1 Å². The fraction of sp³-hybridized carbons (Fsp3) is 0. The maximum absolute atomic E-state index is 12.6. The molecule has 0 N–H and O–H groups in total. The molecule has 0 spiro atoms. The van der Waals surface area contributed by atoms with Crippen molar-refractivity contribution in [1.29, 1.82) is 5.26 Å². The molecule has 0 saturated heterocycles. The van der Waals surface area contributed by atoms with Crippen molar-refractivity contribution in [3.63, 3.8) is 0 Å². The zero-order valence-corrected chi connectivity index (χ0v) is 43.2. The van der Waals surface area contributed by atoms with E-state index in [4.69, 9.17) is 11.0 Å². The third-order valence-electron chi connectivity index (χ3n) is 15.8. The van der Waals surface area contributed by atoms with E-state index in [9.17, 15) is 20.1 Å². The van der Waals surface area contributed by atoms with Crippen molar-refractivity contribution in [2.45, 2.75) is 0 Å². The van der Waals surface area contributed by atoms with E-state index in [1.807, 2.05) is 150 Å². The van der Waals surface area contributed by atoms with Crippen LogP contribution in [0.1, 0.15) is 24.8 Å². The fourth-order valence-electron chi connectivity index (χ4n) is 12.7. The highest BCUT2D eigenvalue weighted by Gasteiger charge is 2.34. The van der Waals surface area contributed by atoms with Crippen molar-refractivity contribution < 1.29 is 19.2 Å². The third-order valence-corrected chi connectivity index (χ3v) is 18.3. The monoisotopic (exact) mass is 1060 g/mol. The Labute approximate surface area is 486 Å². The number of benzene rings is 13. The summed E-state index contributed by atoms with van der Waals surface area (Å²) in [5, 5.41) is 20.3. The maximum atomic E-state index is 12.6. The van der Waals surface area contributed by atoms with Crippen LogP contribution >= 0.6 is 22.7 Å². The largest absolute Gasteiger partial charge is 0.318 e. The molecule has 17 rings (SSSR count). The van der Waals surface area contributed by atoms with Gasteiger partial charge in [0.05, 0.1) is 74.2 Å². The number of aromatic nitrogens is 2. The molecule has 0 saturated carbocycles. The Bertz CT molecular complexity index is 6080. The molecule has 0 atom stereocenters. The average molecular weight is 1060 g/mol. The van der Waals surface area contributed by atoms with E-state index >= 15 is 0 Å². The molecule has 4 heterocycles. The summed E-state index contributed by atoms with van der Waals surface area (Å²) < 4.78 is 133. The lowest BCUT2D eigenvalue weighted by atomic mass is 9.88. The minimum absolute atomic E-state index is 0.0366. The Balaban J connectivity index is 1.14. The van der Waals surface area contributed by atoms with Gasteiger partial charge >= 0.3 is 0 Å². The number of fused-ring (bicyclic) bond motifs is 14. The van der Waals surface area contributed by atoms with Crippen molar-refractivity contribution in [2.24, 2.45) is 0 Å². The van der Waals surface area contributed by atoms with E-state index in [0.29, 0.717) is 118 Å². The van der Waals surface area contributed by atoms with Gasteiger partial charge in [0.25, 0.3) is 0 Å². The van der Waals surface area contributed by atoms with E-state index in [0.717, 1.165) is 32.3 Å². The number of nitrogens with zero attached hydrogens (tertiary/aromatic N) is 4. The summed E-state index contributed by atoms with van der Waals surface area (Å²) in [5.74, 6) is 0.